The smallest absolute Gasteiger partial charge is 0.332 e. The molecule has 1 aliphatic heterocycles. The molecule has 0 unspecified atom stereocenters. The van der Waals surface area contributed by atoms with Crippen LogP contribution in [0.15, 0.2) is 54.9 Å². The van der Waals surface area contributed by atoms with Crippen molar-refractivity contribution in [2.24, 2.45) is 7.05 Å². The van der Waals surface area contributed by atoms with Crippen LogP contribution in [-0.2, 0) is 11.8 Å². The molecule has 1 aliphatic rings. The van der Waals surface area contributed by atoms with Gasteiger partial charge in [-0.3, -0.25) is 4.79 Å². The van der Waals surface area contributed by atoms with Crippen LogP contribution in [0.25, 0.3) is 16.0 Å². The fraction of sp³-hybridized carbons (Fsp3) is 0.310. The summed E-state index contributed by atoms with van der Waals surface area (Å²) in [5.74, 6) is 0.467. The fourth-order valence-electron chi connectivity index (χ4n) is 4.50. The molecule has 4 rings (SSSR count). The van der Waals surface area contributed by atoms with Gasteiger partial charge in [0, 0.05) is 18.7 Å². The van der Waals surface area contributed by atoms with Crippen LogP contribution >= 0.6 is 11.6 Å². The summed E-state index contributed by atoms with van der Waals surface area (Å²) in [4.78, 5) is 32.7. The van der Waals surface area contributed by atoms with Crippen LogP contribution in [0.1, 0.15) is 31.4 Å². The van der Waals surface area contributed by atoms with Gasteiger partial charge in [-0.1, -0.05) is 23.7 Å². The van der Waals surface area contributed by atoms with Gasteiger partial charge in [-0.2, -0.15) is 0 Å². The number of halogens is 1. The predicted octanol–water partition coefficient (Wildman–Crippen LogP) is 6.02. The van der Waals surface area contributed by atoms with Crippen LogP contribution in [-0.4, -0.2) is 35.5 Å². The van der Waals surface area contributed by atoms with E-state index in [4.69, 9.17) is 22.9 Å². The van der Waals surface area contributed by atoms with Gasteiger partial charge in [-0.25, -0.2) is 19.1 Å². The number of ether oxygens (including phenoxy) is 1. The van der Waals surface area contributed by atoms with Gasteiger partial charge in [0.1, 0.15) is 18.3 Å². The Morgan fingerprint density at radius 1 is 1.05 bits per heavy atom. The number of urea groups is 1. The van der Waals surface area contributed by atoms with Gasteiger partial charge in [0.05, 0.1) is 23.9 Å². The molecule has 0 atom stereocenters. The number of amides is 3. The Balaban J connectivity index is 1.42. The number of imide groups is 1. The SMILES string of the molecule is [C-]#[N+]c1ccc(N2C(=O)N(CCCOc3ccc(-c4cc[n+](C)cc4)cc3C)C(C)(C)C2=O)c(C)c1Cl. The van der Waals surface area contributed by atoms with Crippen molar-refractivity contribution in [3.63, 3.8) is 0 Å². The lowest BCUT2D eigenvalue weighted by atomic mass is 10.0. The van der Waals surface area contributed by atoms with Crippen LogP contribution < -0.4 is 14.2 Å². The molecule has 2 heterocycles. The lowest BCUT2D eigenvalue weighted by Gasteiger charge is -2.27. The summed E-state index contributed by atoms with van der Waals surface area (Å²) in [5.41, 5.74) is 3.49. The molecule has 3 aromatic rings. The monoisotopic (exact) mass is 517 g/mol. The van der Waals surface area contributed by atoms with Crippen LogP contribution in [0, 0.1) is 20.4 Å². The highest BCUT2D eigenvalue weighted by Crippen LogP contribution is 2.39. The van der Waals surface area contributed by atoms with E-state index in [0.717, 1.165) is 22.4 Å². The van der Waals surface area contributed by atoms with E-state index in [1.807, 2.05) is 43.1 Å². The van der Waals surface area contributed by atoms with E-state index in [-0.39, 0.29) is 16.6 Å². The van der Waals surface area contributed by atoms with E-state index >= 15 is 0 Å². The first-order valence-electron chi connectivity index (χ1n) is 12.1. The Bertz CT molecular complexity index is 1410. The van der Waals surface area contributed by atoms with Crippen LogP contribution in [0.4, 0.5) is 16.2 Å². The van der Waals surface area contributed by atoms with Gasteiger partial charge in [0.15, 0.2) is 12.4 Å². The van der Waals surface area contributed by atoms with Crippen molar-refractivity contribution >= 4 is 34.9 Å². The third-order valence-electron chi connectivity index (χ3n) is 6.79. The number of rotatable bonds is 7. The van der Waals surface area contributed by atoms with Gasteiger partial charge >= 0.3 is 6.03 Å². The molecule has 37 heavy (non-hydrogen) atoms. The Hall–Kier alpha value is -3.89. The minimum Gasteiger partial charge on any atom is -0.493 e. The van der Waals surface area contributed by atoms with Crippen molar-refractivity contribution in [2.75, 3.05) is 18.1 Å². The highest BCUT2D eigenvalue weighted by atomic mass is 35.5. The van der Waals surface area contributed by atoms with E-state index in [1.54, 1.807) is 31.7 Å². The number of pyridine rings is 1. The first kappa shape index (κ1) is 26.2. The number of carbonyl (C=O) groups excluding carboxylic acids is 2. The number of benzene rings is 2. The molecule has 0 saturated carbocycles. The van der Waals surface area contributed by atoms with Crippen molar-refractivity contribution in [1.29, 1.82) is 0 Å². The standard InChI is InChI=1S/C29H30ClN4O3/c1-19-18-22(21-12-15-32(6)16-13-21)8-11-25(19)37-17-7-14-33-28(36)34(27(35)29(33,3)4)24-10-9-23(31-5)26(30)20(24)2/h8-13,15-16,18H,7,14,17H2,1-4,6H3/q+1. The van der Waals surface area contributed by atoms with Crippen molar-refractivity contribution < 1.29 is 18.9 Å². The zero-order chi connectivity index (χ0) is 26.9. The molecule has 1 aromatic heterocycles. The number of aromatic nitrogens is 1. The maximum atomic E-state index is 13.3. The second kappa shape index (κ2) is 10.2. The molecule has 8 heteroatoms. The number of anilines is 1. The lowest BCUT2D eigenvalue weighted by Crippen LogP contribution is -2.44. The van der Waals surface area contributed by atoms with E-state index in [2.05, 4.69) is 23.0 Å². The normalized spacial score (nSPS) is 14.7. The van der Waals surface area contributed by atoms with Crippen LogP contribution in [0.2, 0.25) is 5.02 Å². The topological polar surface area (TPSA) is 58.1 Å². The van der Waals surface area contributed by atoms with Crippen molar-refractivity contribution in [2.45, 2.75) is 39.7 Å². The number of hydrogen-bond donors (Lipinski definition) is 0. The lowest BCUT2D eigenvalue weighted by molar-refractivity contribution is -0.671. The fourth-order valence-corrected chi connectivity index (χ4v) is 4.70. The van der Waals surface area contributed by atoms with Gasteiger partial charge in [-0.05, 0) is 74.6 Å². The average molecular weight is 518 g/mol. The molecule has 0 bridgehead atoms. The molecule has 1 saturated heterocycles. The van der Waals surface area contributed by atoms with E-state index in [0.29, 0.717) is 30.8 Å². The van der Waals surface area contributed by atoms with Crippen molar-refractivity contribution in [3.05, 3.63) is 82.4 Å². The minimum atomic E-state index is -1.02. The summed E-state index contributed by atoms with van der Waals surface area (Å²) in [7, 11) is 1.99. The third-order valence-corrected chi connectivity index (χ3v) is 7.27. The summed E-state index contributed by atoms with van der Waals surface area (Å²) in [6.07, 6.45) is 4.59. The number of carbonyl (C=O) groups is 2. The summed E-state index contributed by atoms with van der Waals surface area (Å²) < 4.78 is 8.02. The second-order valence-electron chi connectivity index (χ2n) is 9.72. The largest absolute Gasteiger partial charge is 0.493 e. The van der Waals surface area contributed by atoms with E-state index in [1.165, 1.54) is 11.0 Å². The number of hydrogen-bond acceptors (Lipinski definition) is 3. The number of aryl methyl sites for hydroxylation is 2. The zero-order valence-electron chi connectivity index (χ0n) is 21.7. The minimum absolute atomic E-state index is 0.250. The summed E-state index contributed by atoms with van der Waals surface area (Å²) in [6.45, 7) is 15.2. The summed E-state index contributed by atoms with van der Waals surface area (Å²) in [5, 5.41) is 0.250. The molecule has 2 aromatic carbocycles. The molecule has 0 spiro atoms. The van der Waals surface area contributed by atoms with Gasteiger partial charge in [0.25, 0.3) is 5.91 Å². The first-order valence-corrected chi connectivity index (χ1v) is 12.5. The average Bonchev–Trinajstić information content (AvgIpc) is 3.03. The molecule has 190 valence electrons. The predicted molar refractivity (Wildman–Crippen MR) is 144 cm³/mol. The molecule has 0 aliphatic carbocycles. The summed E-state index contributed by atoms with van der Waals surface area (Å²) in [6, 6.07) is 13.0. The van der Waals surface area contributed by atoms with Gasteiger partial charge < -0.3 is 9.64 Å². The maximum Gasteiger partial charge on any atom is 0.332 e. The highest BCUT2D eigenvalue weighted by Gasteiger charge is 2.51. The Morgan fingerprint density at radius 2 is 1.76 bits per heavy atom. The molecule has 3 amide bonds. The van der Waals surface area contributed by atoms with Crippen molar-refractivity contribution in [3.8, 4) is 16.9 Å². The molecule has 1 fully saturated rings. The third kappa shape index (κ3) is 4.90. The molecule has 0 radical (unpaired) electrons. The quantitative estimate of drug-likeness (QED) is 0.167. The van der Waals surface area contributed by atoms with Gasteiger partial charge in [-0.15, -0.1) is 0 Å². The van der Waals surface area contributed by atoms with E-state index in [9.17, 15) is 9.59 Å². The molecular weight excluding hydrogens is 488 g/mol. The number of nitrogens with zero attached hydrogens (tertiary/aromatic N) is 4. The molecule has 0 N–H and O–H groups in total. The van der Waals surface area contributed by atoms with Gasteiger partial charge in [0.2, 0.25) is 5.69 Å². The zero-order valence-corrected chi connectivity index (χ0v) is 22.5. The van der Waals surface area contributed by atoms with Crippen molar-refractivity contribution in [1.82, 2.24) is 4.90 Å². The van der Waals surface area contributed by atoms with Crippen LogP contribution in [0.5, 0.6) is 5.75 Å². The van der Waals surface area contributed by atoms with E-state index < -0.39 is 11.6 Å². The highest BCUT2D eigenvalue weighted by molar-refractivity contribution is 6.35. The molecule has 7 nitrogen and oxygen atoms in total. The Morgan fingerprint density at radius 3 is 2.41 bits per heavy atom. The Labute approximate surface area is 222 Å². The van der Waals surface area contributed by atoms with Crippen LogP contribution in [0.3, 0.4) is 0 Å². The maximum absolute atomic E-state index is 13.3. The first-order chi connectivity index (χ1) is 17.6. The second-order valence-corrected chi connectivity index (χ2v) is 10.1. The summed E-state index contributed by atoms with van der Waals surface area (Å²) >= 11 is 6.31. The molecular formula is C29H30ClN4O3+. The Kier molecular flexibility index (Phi) is 7.24.